The Labute approximate surface area is 97.8 Å². The SMILES string of the molecule is [2H]N([2H])C(=O)c1cn(Cc2c(F)cccc2F)nn1. The molecule has 1 amide bonds. The van der Waals surface area contributed by atoms with Gasteiger partial charge in [0.2, 0.25) is 0 Å². The second-order valence-electron chi connectivity index (χ2n) is 3.31. The van der Waals surface area contributed by atoms with E-state index in [0.717, 1.165) is 23.0 Å². The van der Waals surface area contributed by atoms with Crippen LogP contribution in [0, 0.1) is 11.6 Å². The van der Waals surface area contributed by atoms with Crippen molar-refractivity contribution in [3.8, 4) is 0 Å². The lowest BCUT2D eigenvalue weighted by molar-refractivity contribution is 0.0995. The van der Waals surface area contributed by atoms with Crippen LogP contribution in [0.3, 0.4) is 0 Å². The van der Waals surface area contributed by atoms with Gasteiger partial charge in [-0.25, -0.2) is 13.5 Å². The summed E-state index contributed by atoms with van der Waals surface area (Å²) in [4.78, 5) is 11.2. The Morgan fingerprint density at radius 2 is 2.18 bits per heavy atom. The van der Waals surface area contributed by atoms with Crippen LogP contribution < -0.4 is 5.72 Å². The molecular weight excluding hydrogens is 230 g/mol. The molecule has 2 N–H and O–H groups in total. The molecule has 0 fully saturated rings. The average molecular weight is 240 g/mol. The zero-order valence-corrected chi connectivity index (χ0v) is 8.47. The lowest BCUT2D eigenvalue weighted by Gasteiger charge is -2.03. The largest absolute Gasteiger partial charge is 0.364 e. The number of hydrogen-bond acceptors (Lipinski definition) is 3. The average Bonchev–Trinajstić information content (AvgIpc) is 2.81. The van der Waals surface area contributed by atoms with Gasteiger partial charge in [0.15, 0.2) is 8.52 Å². The molecular formula is C10H8F2N4O. The van der Waals surface area contributed by atoms with E-state index in [1.165, 1.54) is 6.07 Å². The fourth-order valence-corrected chi connectivity index (χ4v) is 1.32. The maximum atomic E-state index is 13.4. The number of primary amides is 1. The molecule has 0 aliphatic heterocycles. The van der Waals surface area contributed by atoms with E-state index in [0.29, 0.717) is 0 Å². The van der Waals surface area contributed by atoms with E-state index in [2.05, 4.69) is 10.3 Å². The molecule has 2 aromatic rings. The Morgan fingerprint density at radius 3 is 2.82 bits per heavy atom. The summed E-state index contributed by atoms with van der Waals surface area (Å²) in [6.07, 6.45) is 1.12. The summed E-state index contributed by atoms with van der Waals surface area (Å²) in [5.74, 6) is -2.45. The number of carbonyl (C=O) groups is 1. The topological polar surface area (TPSA) is 73.8 Å². The summed E-state index contributed by atoms with van der Waals surface area (Å²) in [7, 11) is 0. The minimum absolute atomic E-state index is 0.155. The molecule has 1 heterocycles. The highest BCUT2D eigenvalue weighted by Crippen LogP contribution is 2.13. The normalized spacial score (nSPS) is 11.9. The number of benzene rings is 1. The molecule has 0 saturated carbocycles. The van der Waals surface area contributed by atoms with Crippen LogP contribution in [-0.2, 0) is 6.54 Å². The fraction of sp³-hybridized carbons (Fsp3) is 0.100. The molecule has 1 aromatic carbocycles. The molecule has 0 aliphatic carbocycles. The minimum Gasteiger partial charge on any atom is -0.364 e. The summed E-state index contributed by atoms with van der Waals surface area (Å²) < 4.78 is 41.4. The van der Waals surface area contributed by atoms with Gasteiger partial charge in [0.1, 0.15) is 11.6 Å². The number of rotatable bonds is 3. The van der Waals surface area contributed by atoms with Gasteiger partial charge in [-0.2, -0.15) is 0 Å². The molecule has 1 aromatic heterocycles. The van der Waals surface area contributed by atoms with Crippen molar-refractivity contribution in [2.45, 2.75) is 6.54 Å². The van der Waals surface area contributed by atoms with Crippen LogP contribution in [-0.4, -0.2) is 20.9 Å². The van der Waals surface area contributed by atoms with E-state index < -0.39 is 17.5 Å². The van der Waals surface area contributed by atoms with Gasteiger partial charge in [0, 0.05) is 5.56 Å². The molecule has 7 heteroatoms. The summed E-state index contributed by atoms with van der Waals surface area (Å²) >= 11 is 0. The van der Waals surface area contributed by atoms with Crippen LogP contribution in [0.25, 0.3) is 0 Å². The first-order chi connectivity index (χ1) is 8.99. The summed E-state index contributed by atoms with van der Waals surface area (Å²) in [5.41, 5.74) is -0.611. The van der Waals surface area contributed by atoms with Gasteiger partial charge in [-0.05, 0) is 12.1 Å². The molecule has 0 atom stereocenters. The lowest BCUT2D eigenvalue weighted by Crippen LogP contribution is -2.11. The number of hydrogen-bond donors (Lipinski definition) is 1. The predicted octanol–water partition coefficient (Wildman–Crippen LogP) is 0.703. The predicted molar refractivity (Wildman–Crippen MR) is 54.0 cm³/mol. The lowest BCUT2D eigenvalue weighted by atomic mass is 10.2. The Balaban J connectivity index is 2.23. The van der Waals surface area contributed by atoms with Gasteiger partial charge in [-0.1, -0.05) is 11.3 Å². The van der Waals surface area contributed by atoms with E-state index in [4.69, 9.17) is 2.82 Å². The van der Waals surface area contributed by atoms with E-state index in [1.54, 1.807) is 0 Å². The maximum absolute atomic E-state index is 13.4. The molecule has 2 rings (SSSR count). The molecule has 0 bridgehead atoms. The third-order valence-electron chi connectivity index (χ3n) is 2.14. The van der Waals surface area contributed by atoms with Gasteiger partial charge in [0.25, 0.3) is 5.91 Å². The highest BCUT2D eigenvalue weighted by molar-refractivity contribution is 5.90. The van der Waals surface area contributed by atoms with Crippen molar-refractivity contribution in [1.82, 2.24) is 15.0 Å². The second kappa shape index (κ2) is 4.28. The highest BCUT2D eigenvalue weighted by atomic mass is 19.1. The molecule has 88 valence electrons. The third kappa shape index (κ3) is 2.27. The maximum Gasteiger partial charge on any atom is 0.270 e. The number of amides is 1. The van der Waals surface area contributed by atoms with Crippen molar-refractivity contribution in [3.63, 3.8) is 0 Å². The van der Waals surface area contributed by atoms with Crippen molar-refractivity contribution in [3.05, 3.63) is 47.3 Å². The monoisotopic (exact) mass is 240 g/mol. The number of nitrogens with zero attached hydrogens (tertiary/aromatic N) is 3. The molecule has 0 spiro atoms. The van der Waals surface area contributed by atoms with Crippen LogP contribution in [0.5, 0.6) is 0 Å². The molecule has 0 radical (unpaired) electrons. The molecule has 5 nitrogen and oxygen atoms in total. The van der Waals surface area contributed by atoms with Crippen molar-refractivity contribution in [2.24, 2.45) is 5.72 Å². The van der Waals surface area contributed by atoms with Crippen LogP contribution >= 0.6 is 0 Å². The van der Waals surface area contributed by atoms with Gasteiger partial charge >= 0.3 is 0 Å². The Morgan fingerprint density at radius 1 is 1.47 bits per heavy atom. The number of carbonyl (C=O) groups excluding carboxylic acids is 1. The van der Waals surface area contributed by atoms with Crippen LogP contribution in [0.15, 0.2) is 24.4 Å². The molecule has 0 unspecified atom stereocenters. The standard InChI is InChI=1S/C10H8F2N4O/c11-7-2-1-3-8(12)6(7)4-16-5-9(10(13)17)14-15-16/h1-3,5H,4H2,(H2,13,17)/i/hD2. The number of nitrogens with two attached hydrogens (primary N) is 1. The summed E-state index contributed by atoms with van der Waals surface area (Å²) in [5, 5.41) is 6.95. The second-order valence-corrected chi connectivity index (χ2v) is 3.31. The van der Waals surface area contributed by atoms with E-state index in [1.807, 2.05) is 0 Å². The first-order valence-corrected chi connectivity index (χ1v) is 4.64. The van der Waals surface area contributed by atoms with Crippen molar-refractivity contribution >= 4 is 5.91 Å². The fourth-order valence-electron chi connectivity index (χ4n) is 1.32. The number of aromatic nitrogens is 3. The molecule has 0 aliphatic rings. The van der Waals surface area contributed by atoms with Gasteiger partial charge < -0.3 is 5.72 Å². The van der Waals surface area contributed by atoms with Gasteiger partial charge in [0.05, 0.1) is 12.7 Å². The van der Waals surface area contributed by atoms with E-state index in [9.17, 15) is 13.6 Å². The van der Waals surface area contributed by atoms with Gasteiger partial charge in [-0.3, -0.25) is 4.79 Å². The Kier molecular flexibility index (Phi) is 2.22. The van der Waals surface area contributed by atoms with Crippen molar-refractivity contribution in [2.75, 3.05) is 0 Å². The zero-order chi connectivity index (χ0) is 14.0. The molecule has 17 heavy (non-hydrogen) atoms. The first-order valence-electron chi connectivity index (χ1n) is 5.53. The number of halogens is 2. The summed E-state index contributed by atoms with van der Waals surface area (Å²) in [6.45, 7) is -0.241. The van der Waals surface area contributed by atoms with Crippen LogP contribution in [0.2, 0.25) is 2.82 Å². The van der Waals surface area contributed by atoms with E-state index in [-0.39, 0.29) is 23.5 Å². The highest BCUT2D eigenvalue weighted by Gasteiger charge is 2.11. The minimum atomic E-state index is -0.986. The quantitative estimate of drug-likeness (QED) is 0.858. The Hall–Kier alpha value is -2.31. The van der Waals surface area contributed by atoms with Crippen LogP contribution in [0.1, 0.15) is 16.1 Å². The summed E-state index contributed by atoms with van der Waals surface area (Å²) in [6, 6.07) is 3.45. The van der Waals surface area contributed by atoms with Crippen LogP contribution in [0.4, 0.5) is 8.78 Å². The Bertz CT molecular complexity index is 597. The first kappa shape index (κ1) is 8.80. The van der Waals surface area contributed by atoms with E-state index >= 15 is 0 Å². The third-order valence-corrected chi connectivity index (χ3v) is 2.14. The van der Waals surface area contributed by atoms with Gasteiger partial charge in [-0.15, -0.1) is 5.10 Å². The van der Waals surface area contributed by atoms with Crippen molar-refractivity contribution < 1.29 is 16.4 Å². The smallest absolute Gasteiger partial charge is 0.270 e. The van der Waals surface area contributed by atoms with Crippen molar-refractivity contribution in [1.29, 1.82) is 0 Å². The zero-order valence-electron chi connectivity index (χ0n) is 10.5. The molecule has 0 saturated heterocycles.